The third kappa shape index (κ3) is 73.3. The number of allylic oxidation sites excluding steroid dienone is 24. The summed E-state index contributed by atoms with van der Waals surface area (Å²) in [7, 11) is -9.98. The van der Waals surface area contributed by atoms with Gasteiger partial charge in [-0.25, -0.2) is 9.13 Å². The van der Waals surface area contributed by atoms with Gasteiger partial charge >= 0.3 is 39.5 Å². The quantitative estimate of drug-likeness (QED) is 0.0169. The van der Waals surface area contributed by atoms with Gasteiger partial charge < -0.3 is 33.8 Å². The summed E-state index contributed by atoms with van der Waals surface area (Å²) in [6, 6.07) is 0. The van der Waals surface area contributed by atoms with Crippen LogP contribution in [0.2, 0.25) is 0 Å². The maximum Gasteiger partial charge on any atom is 0.472 e. The topological polar surface area (TPSA) is 237 Å². The van der Waals surface area contributed by atoms with Crippen LogP contribution in [-0.2, 0) is 65.4 Å². The average molecular weight is 1470 g/mol. The van der Waals surface area contributed by atoms with E-state index in [0.29, 0.717) is 25.7 Å². The van der Waals surface area contributed by atoms with E-state index in [1.165, 1.54) is 38.5 Å². The van der Waals surface area contributed by atoms with Crippen LogP contribution in [0.1, 0.15) is 297 Å². The zero-order valence-corrected chi connectivity index (χ0v) is 65.3. The Balaban J connectivity index is 5.43. The number of ether oxygens (including phenoxy) is 4. The summed E-state index contributed by atoms with van der Waals surface area (Å²) in [6.07, 6.45) is 84.1. The van der Waals surface area contributed by atoms with Crippen LogP contribution in [0.15, 0.2) is 146 Å². The standard InChI is InChI=1S/C83H138O17P2/c1-5-9-13-17-21-25-29-32-34-36-38-40-42-45-49-52-56-60-64-68-81(86)94-74-79(100-83(88)70-66-62-58-54-50-46-43-41-39-37-35-33-30-26-22-18-14-10-6-2)76-98-102(91,92)96-72-77(84)71-95-101(89,90)97-75-78(99-82(87)69-65-61-57-53-47-28-24-20-16-12-8-4)73-93-80(85)67-63-59-55-51-48-44-31-27-23-19-15-11-7-3/h9-10,13-14,20-22,24-27,31-35,38-41,45-46,49-50,77-79,84H,5-8,11-12,15-19,23,28-30,36-37,42-44,47-48,51-76H2,1-4H3,(H,89,90)(H,91,92)/b13-9-,14-10-,24-20-,25-21-,26-22-,31-27-,34-32-,35-33-,40-38-,41-39-,49-45-,50-46-. The number of phosphoric ester groups is 2. The van der Waals surface area contributed by atoms with Gasteiger partial charge in [0, 0.05) is 25.7 Å². The third-order valence-corrected chi connectivity index (χ3v) is 17.7. The number of carbonyl (C=O) groups excluding carboxylic acids is 4. The van der Waals surface area contributed by atoms with Crippen molar-refractivity contribution >= 4 is 39.5 Å². The number of hydrogen-bond acceptors (Lipinski definition) is 15. The maximum atomic E-state index is 13.1. The Morgan fingerprint density at radius 2 is 0.520 bits per heavy atom. The molecule has 0 aromatic heterocycles. The summed E-state index contributed by atoms with van der Waals surface area (Å²) in [6.45, 7) is 4.49. The van der Waals surface area contributed by atoms with Crippen LogP contribution >= 0.6 is 15.6 Å². The Labute approximate surface area is 617 Å². The fraction of sp³-hybridized carbons (Fsp3) is 0.663. The number of aliphatic hydroxyl groups is 1. The number of carbonyl (C=O) groups is 4. The molecule has 19 heteroatoms. The molecule has 0 aromatic carbocycles. The third-order valence-electron chi connectivity index (χ3n) is 15.8. The Kier molecular flexibility index (Phi) is 70.5. The molecule has 0 radical (unpaired) electrons. The number of rotatable bonds is 72. The lowest BCUT2D eigenvalue weighted by Gasteiger charge is -2.21. The van der Waals surface area contributed by atoms with Crippen LogP contribution < -0.4 is 0 Å². The number of aliphatic hydroxyl groups excluding tert-OH is 1. The molecule has 5 unspecified atom stereocenters. The first kappa shape index (κ1) is 96.9. The summed E-state index contributed by atoms with van der Waals surface area (Å²) in [5, 5.41) is 10.6. The summed E-state index contributed by atoms with van der Waals surface area (Å²) in [4.78, 5) is 72.9. The van der Waals surface area contributed by atoms with Crippen molar-refractivity contribution in [3.05, 3.63) is 146 Å². The van der Waals surface area contributed by atoms with E-state index in [1.807, 2.05) is 0 Å². The van der Waals surface area contributed by atoms with Gasteiger partial charge in [0.1, 0.15) is 19.3 Å². The van der Waals surface area contributed by atoms with E-state index in [1.54, 1.807) is 0 Å². The van der Waals surface area contributed by atoms with Gasteiger partial charge in [0.15, 0.2) is 12.2 Å². The van der Waals surface area contributed by atoms with E-state index >= 15 is 0 Å². The van der Waals surface area contributed by atoms with Crippen molar-refractivity contribution in [2.24, 2.45) is 0 Å². The van der Waals surface area contributed by atoms with E-state index in [4.69, 9.17) is 37.0 Å². The SMILES string of the molecule is CC/C=C\C/C=C\C/C=C\C/C=C\C/C=C\CCCCCC(=O)OCC(COP(=O)(O)OCC(O)COP(=O)(O)OCC(COC(=O)CCCCCCC/C=C\CCCCCC)OC(=O)CCCCCCC/C=C\CCCC)OC(=O)CCCCC/C=C\C/C=C\C/C=C\C/C=C\C/C=C\CC. The van der Waals surface area contributed by atoms with E-state index in [9.17, 15) is 43.2 Å². The second-order valence-corrected chi connectivity index (χ2v) is 28.4. The van der Waals surface area contributed by atoms with Crippen molar-refractivity contribution in [3.63, 3.8) is 0 Å². The molecule has 3 N–H and O–H groups in total. The fourth-order valence-corrected chi connectivity index (χ4v) is 11.4. The van der Waals surface area contributed by atoms with Gasteiger partial charge in [0.25, 0.3) is 0 Å². The molecule has 0 spiro atoms. The van der Waals surface area contributed by atoms with Crippen LogP contribution in [0.25, 0.3) is 0 Å². The average Bonchev–Trinajstić information content (AvgIpc) is 0.940. The summed E-state index contributed by atoms with van der Waals surface area (Å²) >= 11 is 0. The first-order valence-corrected chi connectivity index (χ1v) is 42.1. The van der Waals surface area contributed by atoms with Crippen molar-refractivity contribution in [2.45, 2.75) is 316 Å². The van der Waals surface area contributed by atoms with Crippen molar-refractivity contribution < 1.29 is 80.2 Å². The molecule has 0 saturated carbocycles. The van der Waals surface area contributed by atoms with Gasteiger partial charge in [0.2, 0.25) is 0 Å². The highest BCUT2D eigenvalue weighted by Gasteiger charge is 2.30. The molecule has 0 saturated heterocycles. The van der Waals surface area contributed by atoms with Crippen molar-refractivity contribution in [1.82, 2.24) is 0 Å². The minimum Gasteiger partial charge on any atom is -0.462 e. The monoisotopic (exact) mass is 1470 g/mol. The molecule has 582 valence electrons. The normalized spacial score (nSPS) is 14.7. The van der Waals surface area contributed by atoms with Gasteiger partial charge in [0.05, 0.1) is 26.4 Å². The molecule has 0 aliphatic rings. The molecular formula is C83H138O17P2. The second-order valence-electron chi connectivity index (χ2n) is 25.5. The van der Waals surface area contributed by atoms with Crippen molar-refractivity contribution in [2.75, 3.05) is 39.6 Å². The number of unbranched alkanes of at least 4 members (excludes halogenated alkanes) is 22. The largest absolute Gasteiger partial charge is 0.472 e. The fourth-order valence-electron chi connectivity index (χ4n) is 9.84. The lowest BCUT2D eigenvalue weighted by Crippen LogP contribution is -2.30. The zero-order valence-electron chi connectivity index (χ0n) is 63.5. The molecule has 0 heterocycles. The number of phosphoric acid groups is 2. The molecule has 5 atom stereocenters. The Bertz CT molecular complexity index is 2510. The van der Waals surface area contributed by atoms with Gasteiger partial charge in [-0.15, -0.1) is 0 Å². The smallest absolute Gasteiger partial charge is 0.462 e. The van der Waals surface area contributed by atoms with Gasteiger partial charge in [-0.3, -0.25) is 37.3 Å². The van der Waals surface area contributed by atoms with Crippen LogP contribution in [0.4, 0.5) is 0 Å². The Morgan fingerprint density at radius 3 is 0.833 bits per heavy atom. The maximum absolute atomic E-state index is 13.1. The van der Waals surface area contributed by atoms with Crippen LogP contribution in [0.3, 0.4) is 0 Å². The molecule has 0 bridgehead atoms. The van der Waals surface area contributed by atoms with E-state index in [0.717, 1.165) is 180 Å². The minimum atomic E-state index is -5.00. The Hall–Kier alpha value is -5.06. The molecule has 0 rings (SSSR count). The molecule has 0 aromatic rings. The first-order valence-electron chi connectivity index (χ1n) is 39.1. The van der Waals surface area contributed by atoms with Crippen LogP contribution in [0.5, 0.6) is 0 Å². The lowest BCUT2D eigenvalue weighted by atomic mass is 10.1. The Morgan fingerprint density at radius 1 is 0.284 bits per heavy atom. The summed E-state index contributed by atoms with van der Waals surface area (Å²) in [5.41, 5.74) is 0. The van der Waals surface area contributed by atoms with Gasteiger partial charge in [-0.1, -0.05) is 257 Å². The minimum absolute atomic E-state index is 0.0431. The second kappa shape index (κ2) is 74.2. The van der Waals surface area contributed by atoms with E-state index in [2.05, 4.69) is 174 Å². The molecule has 17 nitrogen and oxygen atoms in total. The van der Waals surface area contributed by atoms with Gasteiger partial charge in [-0.2, -0.15) is 0 Å². The number of hydrogen-bond donors (Lipinski definition) is 3. The molecular weight excluding hydrogens is 1330 g/mol. The summed E-state index contributed by atoms with van der Waals surface area (Å²) in [5.74, 6) is -2.27. The molecule has 0 aliphatic heterocycles. The lowest BCUT2D eigenvalue weighted by molar-refractivity contribution is -0.161. The highest BCUT2D eigenvalue weighted by atomic mass is 31.2. The van der Waals surface area contributed by atoms with Crippen molar-refractivity contribution in [1.29, 1.82) is 0 Å². The molecule has 0 amide bonds. The van der Waals surface area contributed by atoms with Crippen LogP contribution in [0, 0.1) is 0 Å². The first-order chi connectivity index (χ1) is 49.7. The van der Waals surface area contributed by atoms with Crippen molar-refractivity contribution in [3.8, 4) is 0 Å². The summed E-state index contributed by atoms with van der Waals surface area (Å²) < 4.78 is 68.4. The van der Waals surface area contributed by atoms with Gasteiger partial charge in [-0.05, 0) is 161 Å². The molecule has 0 fully saturated rings. The molecule has 0 aliphatic carbocycles. The highest BCUT2D eigenvalue weighted by molar-refractivity contribution is 7.47. The predicted octanol–water partition coefficient (Wildman–Crippen LogP) is 22.7. The van der Waals surface area contributed by atoms with E-state index in [-0.39, 0.29) is 25.7 Å². The highest BCUT2D eigenvalue weighted by Crippen LogP contribution is 2.45. The predicted molar refractivity (Wildman–Crippen MR) is 417 cm³/mol. The van der Waals surface area contributed by atoms with E-state index < -0.39 is 97.5 Å². The zero-order chi connectivity index (χ0) is 74.6. The molecule has 102 heavy (non-hydrogen) atoms. The number of esters is 4. The van der Waals surface area contributed by atoms with Crippen LogP contribution in [-0.4, -0.2) is 96.7 Å².